The molecule has 3 rings (SSSR count). The van der Waals surface area contributed by atoms with E-state index in [0.29, 0.717) is 22.0 Å². The number of halogens is 1. The van der Waals surface area contributed by atoms with Gasteiger partial charge in [0.1, 0.15) is 16.9 Å². The molecule has 1 N–H and O–H groups in total. The smallest absolute Gasteiger partial charge is 0.343 e. The Labute approximate surface area is 182 Å². The number of amidine groups is 1. The highest BCUT2D eigenvalue weighted by Gasteiger charge is 2.32. The zero-order valence-corrected chi connectivity index (χ0v) is 17.9. The van der Waals surface area contributed by atoms with Crippen molar-refractivity contribution >= 4 is 46.3 Å². The number of esters is 1. The first-order valence-electron chi connectivity index (χ1n) is 8.77. The molecule has 0 bridgehead atoms. The van der Waals surface area contributed by atoms with E-state index in [1.54, 1.807) is 42.5 Å². The number of thioether (sulfide) groups is 1. The van der Waals surface area contributed by atoms with Crippen LogP contribution in [0.4, 0.5) is 0 Å². The molecule has 1 heterocycles. The highest BCUT2D eigenvalue weighted by atomic mass is 35.5. The summed E-state index contributed by atoms with van der Waals surface area (Å²) in [6.45, 7) is 2.73. The third-order valence-corrected chi connectivity index (χ3v) is 5.42. The van der Waals surface area contributed by atoms with Crippen molar-refractivity contribution in [3.8, 4) is 11.5 Å². The molecule has 0 radical (unpaired) electrons. The minimum absolute atomic E-state index is 0.182. The summed E-state index contributed by atoms with van der Waals surface area (Å²) in [6.07, 6.45) is 0. The fourth-order valence-corrected chi connectivity index (χ4v) is 3.97. The van der Waals surface area contributed by atoms with Gasteiger partial charge in [-0.3, -0.25) is 9.59 Å². The van der Waals surface area contributed by atoms with Crippen LogP contribution >= 0.6 is 23.4 Å². The number of carbonyl (C=O) groups is 3. The zero-order chi connectivity index (χ0) is 21.8. The van der Waals surface area contributed by atoms with Crippen LogP contribution < -0.4 is 14.8 Å². The predicted octanol–water partition coefficient (Wildman–Crippen LogP) is 3.57. The number of amides is 2. The lowest BCUT2D eigenvalue weighted by molar-refractivity contribution is -0.129. The first kappa shape index (κ1) is 21.7. The number of ether oxygens (including phenoxy) is 2. The molecule has 10 heteroatoms. The summed E-state index contributed by atoms with van der Waals surface area (Å²) in [5.74, 6) is -0.340. The minimum atomic E-state index is -0.566. The van der Waals surface area contributed by atoms with Crippen molar-refractivity contribution in [1.82, 2.24) is 10.3 Å². The van der Waals surface area contributed by atoms with Crippen LogP contribution in [0.15, 0.2) is 47.6 Å². The van der Waals surface area contributed by atoms with Crippen LogP contribution in [0, 0.1) is 0 Å². The van der Waals surface area contributed by atoms with Gasteiger partial charge in [0.05, 0.1) is 17.7 Å². The van der Waals surface area contributed by atoms with Crippen LogP contribution in [-0.2, 0) is 9.59 Å². The Morgan fingerprint density at radius 3 is 2.40 bits per heavy atom. The number of benzene rings is 2. The molecule has 0 saturated carbocycles. The summed E-state index contributed by atoms with van der Waals surface area (Å²) in [5, 5.41) is 7.97. The molecular weight excluding hydrogens is 430 g/mol. The van der Waals surface area contributed by atoms with Gasteiger partial charge in [0.25, 0.3) is 0 Å². The minimum Gasteiger partial charge on any atom is -0.497 e. The Morgan fingerprint density at radius 2 is 1.83 bits per heavy atom. The maximum Gasteiger partial charge on any atom is 0.343 e. The lowest BCUT2D eigenvalue weighted by atomic mass is 10.2. The topological polar surface area (TPSA) is 97.3 Å². The Hall–Kier alpha value is -3.04. The van der Waals surface area contributed by atoms with Gasteiger partial charge in [-0.2, -0.15) is 0 Å². The Bertz CT molecular complexity index is 1030. The molecule has 2 aromatic carbocycles. The van der Waals surface area contributed by atoms with Crippen LogP contribution in [0.5, 0.6) is 11.5 Å². The van der Waals surface area contributed by atoms with E-state index < -0.39 is 11.3 Å². The van der Waals surface area contributed by atoms with Crippen molar-refractivity contribution in [3.05, 3.63) is 58.6 Å². The van der Waals surface area contributed by atoms with Crippen LogP contribution in [0.1, 0.15) is 35.1 Å². The number of methoxy groups -OCH3 is 1. The highest BCUT2D eigenvalue weighted by Crippen LogP contribution is 2.41. The molecule has 1 aliphatic heterocycles. The van der Waals surface area contributed by atoms with Crippen LogP contribution in [0.25, 0.3) is 0 Å². The molecule has 2 aromatic rings. The van der Waals surface area contributed by atoms with Crippen molar-refractivity contribution in [3.63, 3.8) is 0 Å². The Kier molecular flexibility index (Phi) is 6.63. The maximum atomic E-state index is 12.4. The number of carbonyl (C=O) groups excluding carboxylic acids is 3. The first-order chi connectivity index (χ1) is 14.3. The summed E-state index contributed by atoms with van der Waals surface area (Å²) < 4.78 is 10.5. The quantitative estimate of drug-likeness (QED) is 0.568. The SMILES string of the molecule is COc1ccc(C(=O)Oc2ccc([C@@H]3SC(NC(C)=O)=NN3C(C)=O)cc2Cl)cc1. The van der Waals surface area contributed by atoms with Crippen LogP contribution in [0.3, 0.4) is 0 Å². The van der Waals surface area contributed by atoms with Gasteiger partial charge in [0.15, 0.2) is 5.17 Å². The molecule has 156 valence electrons. The largest absolute Gasteiger partial charge is 0.497 e. The molecule has 1 atom stereocenters. The standard InChI is InChI=1S/C20H18ClN3O5S/c1-11(25)22-20-23-24(12(2)26)18(30-20)14-6-9-17(16(21)10-14)29-19(27)13-4-7-15(28-3)8-5-13/h4-10,18H,1-3H3,(H,22,23,25)/t18-/m0/s1. The molecule has 0 aromatic heterocycles. The lowest BCUT2D eigenvalue weighted by Crippen LogP contribution is -2.25. The van der Waals surface area contributed by atoms with Gasteiger partial charge in [-0.1, -0.05) is 29.4 Å². The molecule has 0 unspecified atom stereocenters. The summed E-state index contributed by atoms with van der Waals surface area (Å²) in [6, 6.07) is 11.3. The lowest BCUT2D eigenvalue weighted by Gasteiger charge is -2.19. The third kappa shape index (κ3) is 4.92. The third-order valence-electron chi connectivity index (χ3n) is 4.02. The summed E-state index contributed by atoms with van der Waals surface area (Å²) in [5.41, 5.74) is 1.01. The summed E-state index contributed by atoms with van der Waals surface area (Å²) in [7, 11) is 1.54. The highest BCUT2D eigenvalue weighted by molar-refractivity contribution is 8.14. The normalized spacial score (nSPS) is 15.4. The average molecular weight is 448 g/mol. The maximum absolute atomic E-state index is 12.4. The van der Waals surface area contributed by atoms with Crippen molar-refractivity contribution in [2.24, 2.45) is 5.10 Å². The number of hydrogen-bond acceptors (Lipinski definition) is 7. The second-order valence-corrected chi connectivity index (χ2v) is 7.70. The van der Waals surface area contributed by atoms with E-state index in [0.717, 1.165) is 0 Å². The number of hydrazone groups is 1. The number of nitrogens with zero attached hydrogens (tertiary/aromatic N) is 2. The average Bonchev–Trinajstić information content (AvgIpc) is 3.13. The van der Waals surface area contributed by atoms with Gasteiger partial charge < -0.3 is 14.8 Å². The van der Waals surface area contributed by atoms with Gasteiger partial charge >= 0.3 is 5.97 Å². The molecule has 0 aliphatic carbocycles. The monoisotopic (exact) mass is 447 g/mol. The Balaban J connectivity index is 1.76. The van der Waals surface area contributed by atoms with E-state index in [9.17, 15) is 14.4 Å². The molecule has 0 fully saturated rings. The van der Waals surface area contributed by atoms with Gasteiger partial charge in [-0.15, -0.1) is 5.10 Å². The second kappa shape index (κ2) is 9.19. The van der Waals surface area contributed by atoms with E-state index >= 15 is 0 Å². The molecule has 2 amide bonds. The first-order valence-corrected chi connectivity index (χ1v) is 10.0. The second-order valence-electron chi connectivity index (χ2n) is 6.23. The van der Waals surface area contributed by atoms with Crippen molar-refractivity contribution in [2.45, 2.75) is 19.2 Å². The number of rotatable bonds is 4. The van der Waals surface area contributed by atoms with Crippen molar-refractivity contribution in [2.75, 3.05) is 7.11 Å². The number of hydrogen-bond donors (Lipinski definition) is 1. The summed E-state index contributed by atoms with van der Waals surface area (Å²) >= 11 is 7.52. The van der Waals surface area contributed by atoms with Gasteiger partial charge in [-0.05, 0) is 42.0 Å². The van der Waals surface area contributed by atoms with Crippen LogP contribution in [0.2, 0.25) is 5.02 Å². The predicted molar refractivity (Wildman–Crippen MR) is 114 cm³/mol. The Morgan fingerprint density at radius 1 is 1.13 bits per heavy atom. The van der Waals surface area contributed by atoms with Gasteiger partial charge in [0, 0.05) is 13.8 Å². The molecule has 0 saturated heterocycles. The number of nitrogens with one attached hydrogen (secondary N) is 1. The molecule has 30 heavy (non-hydrogen) atoms. The zero-order valence-electron chi connectivity index (χ0n) is 16.3. The molecule has 8 nitrogen and oxygen atoms in total. The van der Waals surface area contributed by atoms with E-state index in [1.165, 1.54) is 37.7 Å². The van der Waals surface area contributed by atoms with Crippen molar-refractivity contribution < 1.29 is 23.9 Å². The fraction of sp³-hybridized carbons (Fsp3) is 0.200. The fourth-order valence-electron chi connectivity index (χ4n) is 2.62. The van der Waals surface area contributed by atoms with E-state index in [1.807, 2.05) is 0 Å². The van der Waals surface area contributed by atoms with E-state index in [-0.39, 0.29) is 22.6 Å². The van der Waals surface area contributed by atoms with Crippen LogP contribution in [-0.4, -0.2) is 35.1 Å². The van der Waals surface area contributed by atoms with E-state index in [2.05, 4.69) is 10.4 Å². The molecular formula is C20H18ClN3O5S. The van der Waals surface area contributed by atoms with Gasteiger partial charge in [0.2, 0.25) is 11.8 Å². The summed E-state index contributed by atoms with van der Waals surface area (Å²) in [4.78, 5) is 35.6. The van der Waals surface area contributed by atoms with Crippen molar-refractivity contribution in [1.29, 1.82) is 0 Å². The van der Waals surface area contributed by atoms with Gasteiger partial charge in [-0.25, -0.2) is 9.80 Å². The molecule has 1 aliphatic rings. The molecule has 0 spiro atoms. The van der Waals surface area contributed by atoms with E-state index in [4.69, 9.17) is 21.1 Å².